The van der Waals surface area contributed by atoms with Crippen molar-refractivity contribution in [3.8, 4) is 0 Å². The fraction of sp³-hybridized carbons (Fsp3) is 1.00. The van der Waals surface area contributed by atoms with Crippen LogP contribution in [-0.2, 0) is 0 Å². The van der Waals surface area contributed by atoms with E-state index in [0.29, 0.717) is 0 Å². The van der Waals surface area contributed by atoms with Crippen molar-refractivity contribution in [3.05, 3.63) is 0 Å². The Bertz CT molecular complexity index is 126. The number of hydrogen-bond acceptors (Lipinski definition) is 4. The maximum absolute atomic E-state index is 7.17. The van der Waals surface area contributed by atoms with Crippen LogP contribution in [0.25, 0.3) is 0 Å². The SMILES string of the molecule is CC1CCCN([CH2][K])C1.OB(O)O. The Morgan fingerprint density at radius 2 is 2.00 bits per heavy atom. The minimum atomic E-state index is -2.17. The van der Waals surface area contributed by atoms with E-state index in [0.717, 1.165) is 54.9 Å². The van der Waals surface area contributed by atoms with Crippen molar-refractivity contribution < 1.29 is 15.1 Å². The van der Waals surface area contributed by atoms with Gasteiger partial charge in [0, 0.05) is 0 Å². The second-order valence-corrected chi connectivity index (χ2v) is 4.47. The van der Waals surface area contributed by atoms with Gasteiger partial charge in [0.05, 0.1) is 0 Å². The first kappa shape index (κ1) is 14.5. The Morgan fingerprint density at radius 1 is 1.46 bits per heavy atom. The normalized spacial score (nSPS) is 23.4. The Hall–Kier alpha value is 1.54. The van der Waals surface area contributed by atoms with Gasteiger partial charge < -0.3 is 15.1 Å². The van der Waals surface area contributed by atoms with Gasteiger partial charge in [-0.05, 0) is 0 Å². The molecule has 4 nitrogen and oxygen atoms in total. The maximum Gasteiger partial charge on any atom is 0.631 e. The van der Waals surface area contributed by atoms with Gasteiger partial charge in [-0.2, -0.15) is 0 Å². The van der Waals surface area contributed by atoms with Crippen molar-refractivity contribution in [2.45, 2.75) is 19.8 Å². The van der Waals surface area contributed by atoms with E-state index in [2.05, 4.69) is 11.8 Å². The molecule has 0 aromatic carbocycles. The van der Waals surface area contributed by atoms with E-state index in [1.165, 1.54) is 26.6 Å². The predicted octanol–water partition coefficient (Wildman–Crippen LogP) is -1.21. The van der Waals surface area contributed by atoms with E-state index in [-0.39, 0.29) is 0 Å². The van der Waals surface area contributed by atoms with Gasteiger partial charge >= 0.3 is 101 Å². The Labute approximate surface area is 114 Å². The molecule has 1 aliphatic heterocycles. The molecule has 1 heterocycles. The second kappa shape index (κ2) is 8.82. The van der Waals surface area contributed by atoms with Crippen LogP contribution in [0.3, 0.4) is 0 Å². The molecule has 1 atom stereocenters. The molecule has 0 aromatic rings. The maximum atomic E-state index is 7.17. The summed E-state index contributed by atoms with van der Waals surface area (Å²) >= 11 is 1.03. The van der Waals surface area contributed by atoms with E-state index in [1.807, 2.05) is 0 Å². The van der Waals surface area contributed by atoms with Gasteiger partial charge in [0.15, 0.2) is 0 Å². The average Bonchev–Trinajstić information content (AvgIpc) is 2.03. The second-order valence-electron chi connectivity index (χ2n) is 3.49. The fourth-order valence-corrected chi connectivity index (χ4v) is 2.47. The molecule has 1 saturated heterocycles. The van der Waals surface area contributed by atoms with Crippen LogP contribution >= 0.6 is 0 Å². The zero-order valence-corrected chi connectivity index (χ0v) is 11.6. The van der Waals surface area contributed by atoms with Crippen molar-refractivity contribution >= 4 is 56.3 Å². The molecule has 1 aliphatic rings. The minimum absolute atomic E-state index is 0.973. The molecule has 0 amide bonds. The quantitative estimate of drug-likeness (QED) is 0.478. The monoisotopic (exact) mass is 213 g/mol. The van der Waals surface area contributed by atoms with Crippen LogP contribution in [0.5, 0.6) is 0 Å². The van der Waals surface area contributed by atoms with Gasteiger partial charge in [-0.25, -0.2) is 0 Å². The molecular formula is C7H17BKNO3. The van der Waals surface area contributed by atoms with Gasteiger partial charge in [0.25, 0.3) is 0 Å². The molecular weight excluding hydrogens is 196 g/mol. The van der Waals surface area contributed by atoms with E-state index in [1.54, 1.807) is 0 Å². The minimum Gasteiger partial charge on any atom is -0.402 e. The molecule has 0 radical (unpaired) electrons. The van der Waals surface area contributed by atoms with Gasteiger partial charge in [0.2, 0.25) is 0 Å². The number of piperidine rings is 1. The third-order valence-electron chi connectivity index (χ3n) is 2.19. The first-order valence-corrected chi connectivity index (χ1v) is 7.03. The Morgan fingerprint density at radius 3 is 2.31 bits per heavy atom. The number of likely N-dealkylation sites (tertiary alicyclic amines) is 1. The summed E-state index contributed by atoms with van der Waals surface area (Å²) in [6.45, 7) is 5.13. The third kappa shape index (κ3) is 9.84. The Balaban J connectivity index is 0.000000310. The van der Waals surface area contributed by atoms with E-state index >= 15 is 0 Å². The zero-order valence-electron chi connectivity index (χ0n) is 8.48. The van der Waals surface area contributed by atoms with Crippen LogP contribution in [0, 0.1) is 5.92 Å². The van der Waals surface area contributed by atoms with E-state index < -0.39 is 7.32 Å². The summed E-state index contributed by atoms with van der Waals surface area (Å²) in [7, 11) is -2.17. The smallest absolute Gasteiger partial charge is 0.402 e. The summed E-state index contributed by atoms with van der Waals surface area (Å²) in [5.41, 5.74) is 0. The fourth-order valence-electron chi connectivity index (χ4n) is 1.57. The summed E-state index contributed by atoms with van der Waals surface area (Å²) in [6, 6.07) is 0. The third-order valence-corrected chi connectivity index (χ3v) is 3.59. The van der Waals surface area contributed by atoms with E-state index in [9.17, 15) is 0 Å². The first-order chi connectivity index (χ1) is 6.06. The summed E-state index contributed by atoms with van der Waals surface area (Å²) in [5, 5.41) is 21.5. The Kier molecular flexibility index (Phi) is 9.86. The van der Waals surface area contributed by atoms with Crippen molar-refractivity contribution in [1.29, 1.82) is 0 Å². The molecule has 0 aliphatic carbocycles. The molecule has 1 fully saturated rings. The van der Waals surface area contributed by atoms with Gasteiger partial charge in [-0.3, -0.25) is 0 Å². The van der Waals surface area contributed by atoms with Crippen LogP contribution in [0.4, 0.5) is 0 Å². The molecule has 0 bridgehead atoms. The van der Waals surface area contributed by atoms with Crippen LogP contribution < -0.4 is 0 Å². The molecule has 6 heteroatoms. The van der Waals surface area contributed by atoms with Gasteiger partial charge in [0.1, 0.15) is 0 Å². The van der Waals surface area contributed by atoms with Crippen molar-refractivity contribution in [1.82, 2.24) is 4.90 Å². The summed E-state index contributed by atoms with van der Waals surface area (Å²) in [4.78, 5) is 2.62. The van der Waals surface area contributed by atoms with Gasteiger partial charge in [-0.15, -0.1) is 0 Å². The number of rotatable bonds is 1. The van der Waals surface area contributed by atoms with Crippen molar-refractivity contribution in [2.24, 2.45) is 5.92 Å². The summed E-state index contributed by atoms with van der Waals surface area (Å²) < 4.78 is 1.43. The predicted molar refractivity (Wildman–Crippen MR) is 53.0 cm³/mol. The molecule has 72 valence electrons. The molecule has 13 heavy (non-hydrogen) atoms. The number of hydrogen-bond donors (Lipinski definition) is 3. The first-order valence-electron chi connectivity index (χ1n) is 4.82. The molecule has 1 rings (SSSR count). The van der Waals surface area contributed by atoms with Crippen molar-refractivity contribution in [3.63, 3.8) is 0 Å². The zero-order chi connectivity index (χ0) is 10.3. The molecule has 0 spiro atoms. The molecule has 1 unspecified atom stereocenters. The molecule has 3 N–H and O–H groups in total. The van der Waals surface area contributed by atoms with Crippen LogP contribution in [0.15, 0.2) is 0 Å². The molecule has 0 saturated carbocycles. The van der Waals surface area contributed by atoms with Crippen LogP contribution in [0.2, 0.25) is 0 Å². The van der Waals surface area contributed by atoms with Crippen LogP contribution in [-0.4, -0.2) is 90.0 Å². The topological polar surface area (TPSA) is 63.9 Å². The largest absolute Gasteiger partial charge is 0.631 e. The standard InChI is InChI=1S/C7H14N.BH3O3.K/c1-7-4-3-5-8(2)6-7;2-1(3)4;/h7H,2-6H2,1H3;2-4H;. The summed E-state index contributed by atoms with van der Waals surface area (Å²) in [5.74, 6) is 0.973. The number of nitrogens with zero attached hydrogens (tertiary/aromatic N) is 1. The van der Waals surface area contributed by atoms with Crippen LogP contribution in [0.1, 0.15) is 19.8 Å². The van der Waals surface area contributed by atoms with E-state index in [4.69, 9.17) is 15.1 Å². The summed E-state index contributed by atoms with van der Waals surface area (Å²) in [6.07, 6.45) is 2.90. The molecule has 0 aromatic heterocycles. The average molecular weight is 213 g/mol. The van der Waals surface area contributed by atoms with Gasteiger partial charge in [-0.1, -0.05) is 0 Å². The van der Waals surface area contributed by atoms with Crippen molar-refractivity contribution in [2.75, 3.05) is 13.7 Å².